The summed E-state index contributed by atoms with van der Waals surface area (Å²) in [6.07, 6.45) is 1.23. The Bertz CT molecular complexity index is 1120. The Hall–Kier alpha value is -3.56. The molecule has 0 fully saturated rings. The average molecular weight is 446 g/mol. The van der Waals surface area contributed by atoms with E-state index in [1.54, 1.807) is 41.8 Å². The Balaban J connectivity index is 1.60. The molecule has 1 aromatic heterocycles. The zero-order valence-corrected chi connectivity index (χ0v) is 16.7. The maximum Gasteiger partial charge on any atom is 0.353 e. The van der Waals surface area contributed by atoms with Crippen LogP contribution in [0.5, 0.6) is 5.75 Å². The topological polar surface area (TPSA) is 96.9 Å². The molecule has 3 rings (SSSR count). The van der Waals surface area contributed by atoms with Crippen LogP contribution in [0.2, 0.25) is 5.02 Å². The van der Waals surface area contributed by atoms with Gasteiger partial charge in [-0.1, -0.05) is 29.8 Å². The van der Waals surface area contributed by atoms with Crippen LogP contribution in [0.3, 0.4) is 0 Å². The van der Waals surface area contributed by atoms with Gasteiger partial charge in [0.2, 0.25) is 0 Å². The van der Waals surface area contributed by atoms with E-state index in [0.29, 0.717) is 10.4 Å². The predicted molar refractivity (Wildman–Crippen MR) is 111 cm³/mol. The number of nitrogens with one attached hydrogen (secondary N) is 2. The molecule has 0 aliphatic rings. The number of hydrogen-bond donors (Lipinski definition) is 2. The lowest BCUT2D eigenvalue weighted by molar-refractivity contribution is -0.136. The molecule has 0 spiro atoms. The largest absolute Gasteiger partial charge is 0.422 e. The molecule has 30 heavy (non-hydrogen) atoms. The monoisotopic (exact) mass is 445 g/mol. The standard InChI is InChI=1S/C20H13ClFN3O4S/c21-14-10-13(7-8-15(14)22)24-18(26)19(27)25-23-11-12-4-1-2-5-16(12)29-20(28)17-6-3-9-30-17/h1-11H,(H,24,26)(H,25,27). The third-order valence-electron chi connectivity index (χ3n) is 3.60. The Morgan fingerprint density at radius 2 is 1.87 bits per heavy atom. The third kappa shape index (κ3) is 5.49. The number of nitrogens with zero attached hydrogens (tertiary/aromatic N) is 1. The fraction of sp³-hybridized carbons (Fsp3) is 0. The van der Waals surface area contributed by atoms with E-state index in [9.17, 15) is 18.8 Å². The molecule has 0 radical (unpaired) electrons. The Morgan fingerprint density at radius 1 is 1.07 bits per heavy atom. The molecule has 0 atom stereocenters. The van der Waals surface area contributed by atoms with E-state index >= 15 is 0 Å². The van der Waals surface area contributed by atoms with E-state index < -0.39 is 23.6 Å². The number of carbonyl (C=O) groups is 3. The quantitative estimate of drug-likeness (QED) is 0.205. The molecule has 2 amide bonds. The maximum atomic E-state index is 13.1. The Labute approximate surface area is 179 Å². The summed E-state index contributed by atoms with van der Waals surface area (Å²) in [6, 6.07) is 13.4. The number of para-hydroxylation sites is 1. The molecule has 0 aliphatic carbocycles. The molecule has 0 aliphatic heterocycles. The molecule has 7 nitrogen and oxygen atoms in total. The van der Waals surface area contributed by atoms with Crippen LogP contribution in [0.4, 0.5) is 10.1 Å². The average Bonchev–Trinajstić information content (AvgIpc) is 3.27. The molecule has 0 saturated carbocycles. The highest BCUT2D eigenvalue weighted by Crippen LogP contribution is 2.20. The van der Waals surface area contributed by atoms with Gasteiger partial charge in [-0.05, 0) is 41.8 Å². The number of thiophene rings is 1. The van der Waals surface area contributed by atoms with Crippen LogP contribution < -0.4 is 15.5 Å². The predicted octanol–water partition coefficient (Wildman–Crippen LogP) is 3.85. The van der Waals surface area contributed by atoms with Crippen LogP contribution in [-0.2, 0) is 9.59 Å². The van der Waals surface area contributed by atoms with Gasteiger partial charge in [-0.3, -0.25) is 9.59 Å². The summed E-state index contributed by atoms with van der Waals surface area (Å²) >= 11 is 6.87. The Kier molecular flexibility index (Phi) is 6.89. The number of esters is 1. The van der Waals surface area contributed by atoms with Crippen molar-refractivity contribution >= 4 is 52.6 Å². The minimum absolute atomic E-state index is 0.149. The number of halogens is 2. The number of hydrogen-bond acceptors (Lipinski definition) is 6. The highest BCUT2D eigenvalue weighted by Gasteiger charge is 2.14. The van der Waals surface area contributed by atoms with Crippen molar-refractivity contribution in [3.8, 4) is 5.75 Å². The van der Waals surface area contributed by atoms with E-state index in [1.165, 1.54) is 29.7 Å². The summed E-state index contributed by atoms with van der Waals surface area (Å²) in [4.78, 5) is 36.3. The lowest BCUT2D eigenvalue weighted by atomic mass is 10.2. The molecule has 0 unspecified atom stereocenters. The van der Waals surface area contributed by atoms with E-state index in [0.717, 1.165) is 6.07 Å². The number of carbonyl (C=O) groups excluding carboxylic acids is 3. The highest BCUT2D eigenvalue weighted by molar-refractivity contribution is 7.12. The zero-order valence-electron chi connectivity index (χ0n) is 15.1. The normalized spacial score (nSPS) is 10.6. The number of anilines is 1. The summed E-state index contributed by atoms with van der Waals surface area (Å²) in [5.74, 6) is -3.01. The second-order valence-corrected chi connectivity index (χ2v) is 7.04. The zero-order chi connectivity index (χ0) is 21.5. The van der Waals surface area contributed by atoms with Crippen LogP contribution >= 0.6 is 22.9 Å². The van der Waals surface area contributed by atoms with Crippen molar-refractivity contribution in [3.05, 3.63) is 81.3 Å². The van der Waals surface area contributed by atoms with E-state index in [-0.39, 0.29) is 16.5 Å². The number of amides is 2. The summed E-state index contributed by atoms with van der Waals surface area (Å²) in [7, 11) is 0. The van der Waals surface area contributed by atoms with Gasteiger partial charge in [-0.15, -0.1) is 11.3 Å². The molecule has 1 heterocycles. The fourth-order valence-corrected chi connectivity index (χ4v) is 2.98. The van der Waals surface area contributed by atoms with Crippen LogP contribution in [0.25, 0.3) is 0 Å². The van der Waals surface area contributed by atoms with Gasteiger partial charge in [0.05, 0.1) is 11.2 Å². The van der Waals surface area contributed by atoms with E-state index in [4.69, 9.17) is 16.3 Å². The molecule has 3 aromatic rings. The molecule has 10 heteroatoms. The molecular formula is C20H13ClFN3O4S. The lowest BCUT2D eigenvalue weighted by Gasteiger charge is -2.06. The molecule has 152 valence electrons. The first-order valence-electron chi connectivity index (χ1n) is 8.38. The molecule has 0 saturated heterocycles. The van der Waals surface area contributed by atoms with Crippen LogP contribution in [0, 0.1) is 5.82 Å². The van der Waals surface area contributed by atoms with Crippen LogP contribution in [-0.4, -0.2) is 24.0 Å². The molecule has 2 aromatic carbocycles. The first kappa shape index (κ1) is 21.2. The van der Waals surface area contributed by atoms with Crippen molar-refractivity contribution in [1.82, 2.24) is 5.43 Å². The van der Waals surface area contributed by atoms with Gasteiger partial charge in [0.25, 0.3) is 0 Å². The van der Waals surface area contributed by atoms with Crippen molar-refractivity contribution < 1.29 is 23.5 Å². The summed E-state index contributed by atoms with van der Waals surface area (Å²) < 4.78 is 18.5. The number of benzene rings is 2. The number of ether oxygens (including phenoxy) is 1. The summed E-state index contributed by atoms with van der Waals surface area (Å²) in [5, 5.41) is 7.53. The second-order valence-electron chi connectivity index (χ2n) is 5.69. The first-order chi connectivity index (χ1) is 14.4. The highest BCUT2D eigenvalue weighted by atomic mass is 35.5. The minimum Gasteiger partial charge on any atom is -0.422 e. The van der Waals surface area contributed by atoms with Gasteiger partial charge in [-0.2, -0.15) is 5.10 Å². The fourth-order valence-electron chi connectivity index (χ4n) is 2.20. The van der Waals surface area contributed by atoms with Gasteiger partial charge in [0.1, 0.15) is 16.4 Å². The lowest BCUT2D eigenvalue weighted by Crippen LogP contribution is -2.32. The van der Waals surface area contributed by atoms with Crippen molar-refractivity contribution in [1.29, 1.82) is 0 Å². The van der Waals surface area contributed by atoms with E-state index in [1.807, 2.05) is 0 Å². The van der Waals surface area contributed by atoms with Gasteiger partial charge in [-0.25, -0.2) is 14.6 Å². The van der Waals surface area contributed by atoms with Gasteiger partial charge >= 0.3 is 17.8 Å². The minimum atomic E-state index is -1.06. The van der Waals surface area contributed by atoms with E-state index in [2.05, 4.69) is 15.8 Å². The number of rotatable bonds is 5. The third-order valence-corrected chi connectivity index (χ3v) is 4.74. The molecule has 0 bridgehead atoms. The van der Waals surface area contributed by atoms with Crippen molar-refractivity contribution in [2.24, 2.45) is 5.10 Å². The Morgan fingerprint density at radius 3 is 2.60 bits per heavy atom. The van der Waals surface area contributed by atoms with Gasteiger partial charge in [0.15, 0.2) is 0 Å². The second kappa shape index (κ2) is 9.77. The molecular weight excluding hydrogens is 433 g/mol. The smallest absolute Gasteiger partial charge is 0.353 e. The van der Waals surface area contributed by atoms with Crippen molar-refractivity contribution in [2.75, 3.05) is 5.32 Å². The van der Waals surface area contributed by atoms with Gasteiger partial charge in [0, 0.05) is 11.3 Å². The summed E-state index contributed by atoms with van der Waals surface area (Å²) in [5.41, 5.74) is 2.62. The number of hydrazone groups is 1. The molecule has 2 N–H and O–H groups in total. The van der Waals surface area contributed by atoms with Crippen molar-refractivity contribution in [2.45, 2.75) is 0 Å². The SMILES string of the molecule is O=C(NN=Cc1ccccc1OC(=O)c1cccs1)C(=O)Nc1ccc(F)c(Cl)c1. The van der Waals surface area contributed by atoms with Gasteiger partial charge < -0.3 is 10.1 Å². The maximum absolute atomic E-state index is 13.1. The van der Waals surface area contributed by atoms with Crippen molar-refractivity contribution in [3.63, 3.8) is 0 Å². The first-order valence-corrected chi connectivity index (χ1v) is 9.64. The van der Waals surface area contributed by atoms with Crippen LogP contribution in [0.15, 0.2) is 65.1 Å². The summed E-state index contributed by atoms with van der Waals surface area (Å²) in [6.45, 7) is 0. The van der Waals surface area contributed by atoms with Crippen LogP contribution in [0.1, 0.15) is 15.2 Å².